The molecule has 0 amide bonds. The SMILES string of the molecule is O=C(O)c1cc(Cl)cc(S(=O)(=O)NCc2ccsc2)c1F. The molecule has 1 aromatic carbocycles. The zero-order valence-electron chi connectivity index (χ0n) is 10.3. The minimum Gasteiger partial charge on any atom is -0.478 e. The first-order chi connectivity index (χ1) is 9.81. The summed E-state index contributed by atoms with van der Waals surface area (Å²) in [7, 11) is -4.21. The number of thiophene rings is 1. The molecular formula is C12H9ClFNO4S2. The Kier molecular flexibility index (Phi) is 4.62. The zero-order chi connectivity index (χ0) is 15.6. The van der Waals surface area contributed by atoms with Crippen molar-refractivity contribution in [3.8, 4) is 0 Å². The highest BCUT2D eigenvalue weighted by Crippen LogP contribution is 2.24. The topological polar surface area (TPSA) is 83.5 Å². The average molecular weight is 350 g/mol. The molecule has 5 nitrogen and oxygen atoms in total. The maximum atomic E-state index is 14.0. The fourth-order valence-corrected chi connectivity index (χ4v) is 3.66. The normalized spacial score (nSPS) is 11.5. The molecule has 21 heavy (non-hydrogen) atoms. The van der Waals surface area contributed by atoms with Gasteiger partial charge in [-0.2, -0.15) is 11.3 Å². The van der Waals surface area contributed by atoms with Crippen LogP contribution in [0.25, 0.3) is 0 Å². The second kappa shape index (κ2) is 6.10. The van der Waals surface area contributed by atoms with Gasteiger partial charge < -0.3 is 5.11 Å². The molecule has 0 bridgehead atoms. The molecule has 0 fully saturated rings. The Bertz CT molecular complexity index is 775. The summed E-state index contributed by atoms with van der Waals surface area (Å²) >= 11 is 7.04. The molecule has 2 rings (SSSR count). The second-order valence-corrected chi connectivity index (χ2v) is 6.98. The summed E-state index contributed by atoms with van der Waals surface area (Å²) < 4.78 is 40.4. The molecule has 0 spiro atoms. The fourth-order valence-electron chi connectivity index (χ4n) is 1.56. The molecule has 0 unspecified atom stereocenters. The highest BCUT2D eigenvalue weighted by Gasteiger charge is 2.25. The van der Waals surface area contributed by atoms with E-state index in [1.54, 1.807) is 16.8 Å². The monoisotopic (exact) mass is 349 g/mol. The second-order valence-electron chi connectivity index (χ2n) is 4.03. The number of aromatic carboxylic acids is 1. The number of halogens is 2. The lowest BCUT2D eigenvalue weighted by Crippen LogP contribution is -2.24. The summed E-state index contributed by atoms with van der Waals surface area (Å²) in [6.07, 6.45) is 0. The molecule has 1 heterocycles. The quantitative estimate of drug-likeness (QED) is 0.869. The number of carbonyl (C=O) groups is 1. The Morgan fingerprint density at radius 2 is 2.14 bits per heavy atom. The first-order valence-electron chi connectivity index (χ1n) is 5.54. The smallest absolute Gasteiger partial charge is 0.338 e. The molecule has 0 atom stereocenters. The van der Waals surface area contributed by atoms with E-state index >= 15 is 0 Å². The van der Waals surface area contributed by atoms with Gasteiger partial charge in [-0.05, 0) is 34.5 Å². The lowest BCUT2D eigenvalue weighted by Gasteiger charge is -2.09. The van der Waals surface area contributed by atoms with Crippen molar-refractivity contribution >= 4 is 38.9 Å². The Hall–Kier alpha value is -1.48. The number of hydrogen-bond donors (Lipinski definition) is 2. The summed E-state index contributed by atoms with van der Waals surface area (Å²) in [5.41, 5.74) is -0.0807. The van der Waals surface area contributed by atoms with Gasteiger partial charge in [-0.25, -0.2) is 22.3 Å². The average Bonchev–Trinajstić information content (AvgIpc) is 2.91. The molecule has 0 aliphatic carbocycles. The van der Waals surface area contributed by atoms with Crippen LogP contribution in [0.4, 0.5) is 4.39 Å². The van der Waals surface area contributed by atoms with Gasteiger partial charge in [0.1, 0.15) is 4.90 Å². The first kappa shape index (κ1) is 15.9. The van der Waals surface area contributed by atoms with Crippen LogP contribution in [0, 0.1) is 5.82 Å². The highest BCUT2D eigenvalue weighted by molar-refractivity contribution is 7.89. The van der Waals surface area contributed by atoms with E-state index in [9.17, 15) is 17.6 Å². The molecular weight excluding hydrogens is 341 g/mol. The van der Waals surface area contributed by atoms with E-state index in [0.717, 1.165) is 12.1 Å². The largest absolute Gasteiger partial charge is 0.478 e. The molecule has 9 heteroatoms. The van der Waals surface area contributed by atoms with Crippen molar-refractivity contribution in [3.63, 3.8) is 0 Å². The van der Waals surface area contributed by atoms with Crippen LogP contribution in [0.1, 0.15) is 15.9 Å². The Balaban J connectivity index is 2.37. The van der Waals surface area contributed by atoms with E-state index in [-0.39, 0.29) is 11.6 Å². The van der Waals surface area contributed by atoms with Gasteiger partial charge in [0.05, 0.1) is 5.56 Å². The van der Waals surface area contributed by atoms with Crippen LogP contribution in [0.2, 0.25) is 5.02 Å². The van der Waals surface area contributed by atoms with Crippen LogP contribution in [0.3, 0.4) is 0 Å². The molecule has 0 aliphatic heterocycles. The van der Waals surface area contributed by atoms with Crippen LogP contribution in [0.15, 0.2) is 33.9 Å². The van der Waals surface area contributed by atoms with Crippen LogP contribution in [-0.2, 0) is 16.6 Å². The van der Waals surface area contributed by atoms with Gasteiger partial charge in [-0.15, -0.1) is 0 Å². The minimum absolute atomic E-state index is 0.0276. The third-order valence-corrected chi connectivity index (χ3v) is 4.92. The standard InChI is InChI=1S/C12H9ClFNO4S2/c13-8-3-9(12(16)17)11(14)10(4-8)21(18,19)15-5-7-1-2-20-6-7/h1-4,6,15H,5H2,(H,16,17). The molecule has 0 radical (unpaired) electrons. The van der Waals surface area contributed by atoms with Crippen molar-refractivity contribution in [2.24, 2.45) is 0 Å². The Morgan fingerprint density at radius 3 is 2.71 bits per heavy atom. The van der Waals surface area contributed by atoms with Crippen LogP contribution < -0.4 is 4.72 Å². The summed E-state index contributed by atoms with van der Waals surface area (Å²) in [5.74, 6) is -2.94. The molecule has 112 valence electrons. The molecule has 2 aromatic rings. The van der Waals surface area contributed by atoms with Crippen LogP contribution >= 0.6 is 22.9 Å². The summed E-state index contributed by atoms with van der Waals surface area (Å²) in [6, 6.07) is 3.45. The summed E-state index contributed by atoms with van der Waals surface area (Å²) in [6.45, 7) is -0.0276. The zero-order valence-corrected chi connectivity index (χ0v) is 12.7. The van der Waals surface area contributed by atoms with Gasteiger partial charge in [0.15, 0.2) is 5.82 Å². The third kappa shape index (κ3) is 3.59. The van der Waals surface area contributed by atoms with E-state index in [1.807, 2.05) is 0 Å². The van der Waals surface area contributed by atoms with Crippen molar-refractivity contribution in [3.05, 3.63) is 50.9 Å². The summed E-state index contributed by atoms with van der Waals surface area (Å²) in [5, 5.41) is 12.2. The fraction of sp³-hybridized carbons (Fsp3) is 0.0833. The van der Waals surface area contributed by atoms with Crippen molar-refractivity contribution < 1.29 is 22.7 Å². The summed E-state index contributed by atoms with van der Waals surface area (Å²) in [4.78, 5) is 10.1. The van der Waals surface area contributed by atoms with Crippen LogP contribution in [-0.4, -0.2) is 19.5 Å². The maximum absolute atomic E-state index is 14.0. The number of carboxylic acid groups (broad SMARTS) is 1. The van der Waals surface area contributed by atoms with Gasteiger partial charge in [0.2, 0.25) is 10.0 Å². The van der Waals surface area contributed by atoms with Gasteiger partial charge in [-0.1, -0.05) is 11.6 Å². The molecule has 0 saturated heterocycles. The molecule has 2 N–H and O–H groups in total. The number of benzene rings is 1. The number of nitrogens with one attached hydrogen (secondary N) is 1. The maximum Gasteiger partial charge on any atom is 0.338 e. The van der Waals surface area contributed by atoms with E-state index in [2.05, 4.69) is 4.72 Å². The number of rotatable bonds is 5. The van der Waals surface area contributed by atoms with E-state index in [0.29, 0.717) is 5.56 Å². The van der Waals surface area contributed by atoms with Crippen molar-refractivity contribution in [1.82, 2.24) is 4.72 Å². The molecule has 0 aliphatic rings. The van der Waals surface area contributed by atoms with E-state index < -0.39 is 32.3 Å². The van der Waals surface area contributed by atoms with Crippen molar-refractivity contribution in [1.29, 1.82) is 0 Å². The number of sulfonamides is 1. The highest BCUT2D eigenvalue weighted by atomic mass is 35.5. The van der Waals surface area contributed by atoms with Gasteiger partial charge >= 0.3 is 5.97 Å². The van der Waals surface area contributed by atoms with Crippen molar-refractivity contribution in [2.45, 2.75) is 11.4 Å². The first-order valence-corrected chi connectivity index (χ1v) is 8.35. The number of carboxylic acids is 1. The Morgan fingerprint density at radius 1 is 1.43 bits per heavy atom. The van der Waals surface area contributed by atoms with Crippen LogP contribution in [0.5, 0.6) is 0 Å². The Labute approximate surface area is 129 Å². The number of hydrogen-bond acceptors (Lipinski definition) is 4. The van der Waals surface area contributed by atoms with Gasteiger partial charge in [-0.3, -0.25) is 0 Å². The van der Waals surface area contributed by atoms with Gasteiger partial charge in [0, 0.05) is 11.6 Å². The lowest BCUT2D eigenvalue weighted by molar-refractivity contribution is 0.0691. The predicted molar refractivity (Wildman–Crippen MR) is 76.7 cm³/mol. The minimum atomic E-state index is -4.21. The van der Waals surface area contributed by atoms with Crippen molar-refractivity contribution in [2.75, 3.05) is 0 Å². The van der Waals surface area contributed by atoms with E-state index in [4.69, 9.17) is 16.7 Å². The molecule has 1 aromatic heterocycles. The van der Waals surface area contributed by atoms with Gasteiger partial charge in [0.25, 0.3) is 0 Å². The third-order valence-electron chi connectivity index (χ3n) is 2.57. The lowest BCUT2D eigenvalue weighted by atomic mass is 10.2. The van der Waals surface area contributed by atoms with E-state index in [1.165, 1.54) is 11.3 Å². The molecule has 0 saturated carbocycles. The predicted octanol–water partition coefficient (Wildman–Crippen LogP) is 2.72.